The van der Waals surface area contributed by atoms with Crippen LogP contribution in [0.25, 0.3) is 0 Å². The van der Waals surface area contributed by atoms with Crippen molar-refractivity contribution in [3.63, 3.8) is 0 Å². The molecule has 82 valence electrons. The molecule has 0 aliphatic heterocycles. The SMILES string of the molecule is O=C(O)c1ccc(CC(Br)Br)cc1CCl. The molecule has 1 aromatic rings. The fourth-order valence-corrected chi connectivity index (χ4v) is 2.24. The lowest BCUT2D eigenvalue weighted by molar-refractivity contribution is 0.0696. The number of rotatable bonds is 4. The molecule has 1 N–H and O–H groups in total. The molecule has 0 radical (unpaired) electrons. The Balaban J connectivity index is 3.02. The number of aromatic carboxylic acids is 1. The second-order valence-electron chi connectivity index (χ2n) is 3.03. The first-order valence-corrected chi connectivity index (χ1v) is 6.60. The number of halogens is 3. The third-order valence-electron chi connectivity index (χ3n) is 1.93. The van der Waals surface area contributed by atoms with Crippen LogP contribution < -0.4 is 0 Å². The van der Waals surface area contributed by atoms with Crippen LogP contribution in [-0.2, 0) is 12.3 Å². The Morgan fingerprint density at radius 3 is 2.60 bits per heavy atom. The highest BCUT2D eigenvalue weighted by molar-refractivity contribution is 9.24. The zero-order valence-corrected chi connectivity index (χ0v) is 11.6. The Morgan fingerprint density at radius 1 is 1.47 bits per heavy atom. The highest BCUT2D eigenvalue weighted by Crippen LogP contribution is 2.19. The maximum Gasteiger partial charge on any atom is 0.336 e. The van der Waals surface area contributed by atoms with Gasteiger partial charge in [0.05, 0.1) is 9.30 Å². The Labute approximate surface area is 110 Å². The third-order valence-corrected chi connectivity index (χ3v) is 2.87. The van der Waals surface area contributed by atoms with E-state index in [-0.39, 0.29) is 15.2 Å². The lowest BCUT2D eigenvalue weighted by Gasteiger charge is -2.07. The zero-order chi connectivity index (χ0) is 11.4. The van der Waals surface area contributed by atoms with E-state index in [2.05, 4.69) is 31.9 Å². The molecule has 5 heteroatoms. The van der Waals surface area contributed by atoms with Gasteiger partial charge in [-0.3, -0.25) is 0 Å². The largest absolute Gasteiger partial charge is 0.478 e. The van der Waals surface area contributed by atoms with E-state index >= 15 is 0 Å². The van der Waals surface area contributed by atoms with Crippen molar-refractivity contribution in [2.24, 2.45) is 0 Å². The van der Waals surface area contributed by atoms with E-state index in [1.54, 1.807) is 12.1 Å². The molecule has 0 saturated heterocycles. The second-order valence-corrected chi connectivity index (χ2v) is 6.73. The summed E-state index contributed by atoms with van der Waals surface area (Å²) in [6, 6.07) is 5.22. The summed E-state index contributed by atoms with van der Waals surface area (Å²) in [7, 11) is 0. The fourth-order valence-electron chi connectivity index (χ4n) is 1.27. The summed E-state index contributed by atoms with van der Waals surface area (Å²) in [6.45, 7) is 0. The van der Waals surface area contributed by atoms with E-state index in [0.717, 1.165) is 12.0 Å². The Kier molecular flexibility index (Phi) is 5.09. The minimum atomic E-state index is -0.938. The van der Waals surface area contributed by atoms with Crippen LogP contribution in [0.15, 0.2) is 18.2 Å². The highest BCUT2D eigenvalue weighted by Gasteiger charge is 2.10. The molecule has 0 saturated carbocycles. The van der Waals surface area contributed by atoms with Gasteiger partial charge in [-0.25, -0.2) is 4.79 Å². The number of carbonyl (C=O) groups is 1. The summed E-state index contributed by atoms with van der Waals surface area (Å²) in [5.41, 5.74) is 1.98. The molecule has 0 aliphatic rings. The van der Waals surface area contributed by atoms with Crippen LogP contribution in [0.2, 0.25) is 0 Å². The topological polar surface area (TPSA) is 37.3 Å². The van der Waals surface area contributed by atoms with Gasteiger partial charge in [-0.05, 0) is 23.6 Å². The summed E-state index contributed by atoms with van der Waals surface area (Å²) in [6.07, 6.45) is 0.782. The lowest BCUT2D eigenvalue weighted by atomic mass is 10.0. The standard InChI is InChI=1S/C10H9Br2ClO2/c11-9(12)4-6-1-2-8(10(14)15)7(3-6)5-13/h1-3,9H,4-5H2,(H,14,15). The molecule has 1 rings (SSSR count). The molecule has 2 nitrogen and oxygen atoms in total. The third kappa shape index (κ3) is 3.78. The first kappa shape index (κ1) is 13.0. The highest BCUT2D eigenvalue weighted by atomic mass is 79.9. The summed E-state index contributed by atoms with van der Waals surface area (Å²) in [4.78, 5) is 10.8. The minimum absolute atomic E-state index is 0.184. The van der Waals surface area contributed by atoms with Crippen LogP contribution in [0, 0.1) is 0 Å². The number of alkyl halides is 3. The van der Waals surface area contributed by atoms with Gasteiger partial charge < -0.3 is 5.11 Å². The van der Waals surface area contributed by atoms with E-state index in [4.69, 9.17) is 16.7 Å². The van der Waals surface area contributed by atoms with Gasteiger partial charge in [0.1, 0.15) is 0 Å². The van der Waals surface area contributed by atoms with Crippen molar-refractivity contribution in [1.29, 1.82) is 0 Å². The molecule has 0 unspecified atom stereocenters. The van der Waals surface area contributed by atoms with Gasteiger partial charge in [0.2, 0.25) is 0 Å². The Hall–Kier alpha value is -0.0600. The molecule has 0 fully saturated rings. The van der Waals surface area contributed by atoms with E-state index in [1.807, 2.05) is 6.07 Å². The van der Waals surface area contributed by atoms with Gasteiger partial charge >= 0.3 is 5.97 Å². The van der Waals surface area contributed by atoms with Gasteiger partial charge in [0.25, 0.3) is 0 Å². The summed E-state index contributed by atoms with van der Waals surface area (Å²) >= 11 is 12.4. The van der Waals surface area contributed by atoms with Crippen molar-refractivity contribution < 1.29 is 9.90 Å². The van der Waals surface area contributed by atoms with Crippen LogP contribution in [0.1, 0.15) is 21.5 Å². The van der Waals surface area contributed by atoms with Crippen molar-refractivity contribution in [2.45, 2.75) is 16.0 Å². The molecule has 0 heterocycles. The van der Waals surface area contributed by atoms with Crippen LogP contribution in [0.3, 0.4) is 0 Å². The van der Waals surface area contributed by atoms with Crippen LogP contribution in [0.4, 0.5) is 0 Å². The molecule has 15 heavy (non-hydrogen) atoms. The van der Waals surface area contributed by atoms with Gasteiger partial charge in [0, 0.05) is 5.88 Å². The quantitative estimate of drug-likeness (QED) is 0.834. The average Bonchev–Trinajstić information content (AvgIpc) is 2.16. The molecule has 0 amide bonds. The Bertz CT molecular complexity index is 366. The second kappa shape index (κ2) is 5.87. The van der Waals surface area contributed by atoms with E-state index in [1.165, 1.54) is 0 Å². The normalized spacial score (nSPS) is 10.7. The molecule has 0 bridgehead atoms. The number of benzene rings is 1. The zero-order valence-electron chi connectivity index (χ0n) is 7.71. The first-order valence-electron chi connectivity index (χ1n) is 4.23. The van der Waals surface area contributed by atoms with Crippen molar-refractivity contribution in [3.05, 3.63) is 34.9 Å². The predicted molar refractivity (Wildman–Crippen MR) is 68.3 cm³/mol. The van der Waals surface area contributed by atoms with Gasteiger partial charge in [-0.1, -0.05) is 44.0 Å². The summed E-state index contributed by atoms with van der Waals surface area (Å²) in [5, 5.41) is 8.89. The first-order chi connectivity index (χ1) is 7.04. The maximum atomic E-state index is 10.8. The summed E-state index contributed by atoms with van der Waals surface area (Å²) < 4.78 is 0.184. The van der Waals surface area contributed by atoms with Crippen LogP contribution in [-0.4, -0.2) is 14.8 Å². The smallest absolute Gasteiger partial charge is 0.336 e. The molecule has 0 spiro atoms. The van der Waals surface area contributed by atoms with E-state index in [0.29, 0.717) is 5.56 Å². The predicted octanol–water partition coefficient (Wildman–Crippen LogP) is 3.78. The van der Waals surface area contributed by atoms with E-state index in [9.17, 15) is 4.79 Å². The van der Waals surface area contributed by atoms with E-state index < -0.39 is 5.97 Å². The summed E-state index contributed by atoms with van der Waals surface area (Å²) in [5.74, 6) is -0.725. The van der Waals surface area contributed by atoms with Crippen molar-refractivity contribution >= 4 is 49.4 Å². The molecular formula is C10H9Br2ClO2. The monoisotopic (exact) mass is 354 g/mol. The minimum Gasteiger partial charge on any atom is -0.478 e. The van der Waals surface area contributed by atoms with Gasteiger partial charge in [-0.2, -0.15) is 0 Å². The average molecular weight is 356 g/mol. The molecule has 1 aromatic carbocycles. The lowest BCUT2D eigenvalue weighted by Crippen LogP contribution is -2.03. The number of hydrogen-bond acceptors (Lipinski definition) is 1. The Morgan fingerprint density at radius 2 is 2.13 bits per heavy atom. The van der Waals surface area contributed by atoms with Crippen molar-refractivity contribution in [1.82, 2.24) is 0 Å². The van der Waals surface area contributed by atoms with Crippen molar-refractivity contribution in [3.8, 4) is 0 Å². The van der Waals surface area contributed by atoms with Crippen LogP contribution >= 0.6 is 43.5 Å². The van der Waals surface area contributed by atoms with Gasteiger partial charge in [0.15, 0.2) is 0 Å². The molecule has 0 aliphatic carbocycles. The van der Waals surface area contributed by atoms with Gasteiger partial charge in [-0.15, -0.1) is 11.6 Å². The molecule has 0 aromatic heterocycles. The van der Waals surface area contributed by atoms with Crippen molar-refractivity contribution in [2.75, 3.05) is 0 Å². The number of carboxylic acid groups (broad SMARTS) is 1. The van der Waals surface area contributed by atoms with Crippen LogP contribution in [0.5, 0.6) is 0 Å². The molecular weight excluding hydrogens is 347 g/mol. The maximum absolute atomic E-state index is 10.8. The fraction of sp³-hybridized carbons (Fsp3) is 0.300. The molecule has 0 atom stereocenters. The number of hydrogen-bond donors (Lipinski definition) is 1. The number of carboxylic acids is 1.